The van der Waals surface area contributed by atoms with Gasteiger partial charge in [0.15, 0.2) is 0 Å². The summed E-state index contributed by atoms with van der Waals surface area (Å²) in [6.45, 7) is 0.424. The highest BCUT2D eigenvalue weighted by molar-refractivity contribution is 7.98. The molecule has 0 heterocycles. The number of ether oxygens (including phenoxy) is 2. The fourth-order valence-electron chi connectivity index (χ4n) is 0.267. The van der Waals surface area contributed by atoms with Gasteiger partial charge in [-0.25, -0.2) is 4.79 Å². The van der Waals surface area contributed by atoms with Crippen molar-refractivity contribution in [3.8, 4) is 0 Å². The van der Waals surface area contributed by atoms with Crippen LogP contribution in [0.3, 0.4) is 0 Å². The van der Waals surface area contributed by atoms with E-state index in [1.54, 1.807) is 11.8 Å². The molecule has 0 bridgehead atoms. The van der Waals surface area contributed by atoms with Crippen LogP contribution in [0, 0.1) is 0 Å². The molecule has 0 amide bonds. The van der Waals surface area contributed by atoms with Crippen molar-refractivity contribution in [1.82, 2.24) is 0 Å². The Hall–Kier alpha value is -0.380. The molecule has 0 aliphatic carbocycles. The van der Waals surface area contributed by atoms with E-state index < -0.39 is 6.16 Å². The summed E-state index contributed by atoms with van der Waals surface area (Å²) in [7, 11) is 1.29. The summed E-state index contributed by atoms with van der Waals surface area (Å²) in [5, 5.41) is 0. The fraction of sp³-hybridized carbons (Fsp3) is 0.800. The van der Waals surface area contributed by atoms with Crippen molar-refractivity contribution in [3.63, 3.8) is 0 Å². The summed E-state index contributed by atoms with van der Waals surface area (Å²) >= 11 is 1.62. The van der Waals surface area contributed by atoms with E-state index in [-0.39, 0.29) is 0 Å². The van der Waals surface area contributed by atoms with Gasteiger partial charge in [0.1, 0.15) is 6.61 Å². The zero-order chi connectivity index (χ0) is 7.11. The molecular weight excluding hydrogens is 140 g/mol. The molecule has 0 aromatic rings. The minimum Gasteiger partial charge on any atom is -0.438 e. The zero-order valence-corrected chi connectivity index (χ0v) is 6.36. The normalized spacial score (nSPS) is 8.67. The molecular formula is C5H10O3S. The fourth-order valence-corrected chi connectivity index (χ4v) is 0.517. The Bertz CT molecular complexity index is 84.3. The smallest absolute Gasteiger partial charge is 0.438 e. The van der Waals surface area contributed by atoms with E-state index in [0.29, 0.717) is 6.61 Å². The predicted molar refractivity (Wildman–Crippen MR) is 36.7 cm³/mol. The molecule has 0 aromatic heterocycles. The van der Waals surface area contributed by atoms with Crippen molar-refractivity contribution in [2.24, 2.45) is 0 Å². The van der Waals surface area contributed by atoms with Crippen LogP contribution in [-0.4, -0.2) is 31.9 Å². The van der Waals surface area contributed by atoms with Gasteiger partial charge in [0, 0.05) is 5.75 Å². The van der Waals surface area contributed by atoms with Gasteiger partial charge in [0.05, 0.1) is 7.11 Å². The molecule has 0 spiro atoms. The maximum absolute atomic E-state index is 10.2. The van der Waals surface area contributed by atoms with E-state index in [4.69, 9.17) is 0 Å². The monoisotopic (exact) mass is 150 g/mol. The second-order valence-corrected chi connectivity index (χ2v) is 2.28. The maximum atomic E-state index is 10.2. The number of carbonyl (C=O) groups excluding carboxylic acids is 1. The summed E-state index contributed by atoms with van der Waals surface area (Å²) in [6.07, 6.45) is 1.34. The largest absolute Gasteiger partial charge is 0.508 e. The van der Waals surface area contributed by atoms with Gasteiger partial charge in [-0.1, -0.05) is 0 Å². The van der Waals surface area contributed by atoms with Gasteiger partial charge in [-0.3, -0.25) is 0 Å². The summed E-state index contributed by atoms with van der Waals surface area (Å²) in [6, 6.07) is 0. The molecule has 9 heavy (non-hydrogen) atoms. The van der Waals surface area contributed by atoms with Crippen LogP contribution >= 0.6 is 11.8 Å². The lowest BCUT2D eigenvalue weighted by Gasteiger charge is -1.99. The standard InChI is InChI=1S/C5H10O3S/c1-7-5(6)8-3-4-9-2/h3-4H2,1-2H3. The first-order chi connectivity index (χ1) is 4.31. The van der Waals surface area contributed by atoms with Crippen LogP contribution in [0.5, 0.6) is 0 Å². The van der Waals surface area contributed by atoms with Gasteiger partial charge in [0.2, 0.25) is 0 Å². The number of thioether (sulfide) groups is 1. The highest BCUT2D eigenvalue weighted by Gasteiger charge is 1.96. The lowest BCUT2D eigenvalue weighted by Crippen LogP contribution is -2.06. The summed E-state index contributed by atoms with van der Waals surface area (Å²) in [5.74, 6) is 0.815. The number of hydrogen-bond donors (Lipinski definition) is 0. The average Bonchev–Trinajstić information content (AvgIpc) is 1.89. The summed E-state index contributed by atoms with van der Waals surface area (Å²) in [5.41, 5.74) is 0. The van der Waals surface area contributed by atoms with E-state index in [2.05, 4.69) is 9.47 Å². The van der Waals surface area contributed by atoms with Crippen LogP contribution in [0.4, 0.5) is 4.79 Å². The lowest BCUT2D eigenvalue weighted by atomic mass is 10.9. The molecule has 0 aromatic carbocycles. The second-order valence-electron chi connectivity index (χ2n) is 1.30. The quantitative estimate of drug-likeness (QED) is 0.446. The van der Waals surface area contributed by atoms with Crippen LogP contribution in [0.1, 0.15) is 0 Å². The van der Waals surface area contributed by atoms with Gasteiger partial charge in [-0.15, -0.1) is 0 Å². The molecule has 0 radical (unpaired) electrons. The molecule has 0 rings (SSSR count). The van der Waals surface area contributed by atoms with E-state index in [0.717, 1.165) is 5.75 Å². The minimum absolute atomic E-state index is 0.424. The van der Waals surface area contributed by atoms with E-state index in [1.165, 1.54) is 7.11 Å². The number of rotatable bonds is 3. The third-order valence-corrected chi connectivity index (χ3v) is 1.25. The number of hydrogen-bond acceptors (Lipinski definition) is 4. The summed E-state index contributed by atoms with van der Waals surface area (Å²) < 4.78 is 8.78. The van der Waals surface area contributed by atoms with Crippen LogP contribution in [0.25, 0.3) is 0 Å². The number of methoxy groups -OCH3 is 1. The van der Waals surface area contributed by atoms with Crippen LogP contribution in [0.15, 0.2) is 0 Å². The first-order valence-corrected chi connectivity index (χ1v) is 3.90. The zero-order valence-electron chi connectivity index (χ0n) is 5.55. The Kier molecular flexibility index (Phi) is 5.51. The van der Waals surface area contributed by atoms with E-state index >= 15 is 0 Å². The maximum Gasteiger partial charge on any atom is 0.508 e. The van der Waals surface area contributed by atoms with Gasteiger partial charge in [0.25, 0.3) is 0 Å². The van der Waals surface area contributed by atoms with Gasteiger partial charge in [-0.2, -0.15) is 11.8 Å². The first kappa shape index (κ1) is 8.62. The van der Waals surface area contributed by atoms with Crippen molar-refractivity contribution >= 4 is 17.9 Å². The Labute approximate surface area is 58.7 Å². The highest BCUT2D eigenvalue weighted by atomic mass is 32.2. The van der Waals surface area contributed by atoms with Crippen LogP contribution < -0.4 is 0 Å². The minimum atomic E-state index is -0.607. The SMILES string of the molecule is COC(=O)OCCSC. The molecule has 0 aliphatic heterocycles. The van der Waals surface area contributed by atoms with E-state index in [1.807, 2.05) is 6.26 Å². The lowest BCUT2D eigenvalue weighted by molar-refractivity contribution is 0.0779. The molecule has 4 heteroatoms. The van der Waals surface area contributed by atoms with Crippen LogP contribution in [0.2, 0.25) is 0 Å². The molecule has 54 valence electrons. The molecule has 0 fully saturated rings. The molecule has 0 saturated heterocycles. The second kappa shape index (κ2) is 5.75. The molecule has 0 aliphatic rings. The van der Waals surface area contributed by atoms with E-state index in [9.17, 15) is 4.79 Å². The molecule has 0 atom stereocenters. The topological polar surface area (TPSA) is 35.5 Å². The van der Waals surface area contributed by atoms with Gasteiger partial charge >= 0.3 is 6.16 Å². The summed E-state index contributed by atoms with van der Waals surface area (Å²) in [4.78, 5) is 10.2. The van der Waals surface area contributed by atoms with Crippen LogP contribution in [-0.2, 0) is 9.47 Å². The van der Waals surface area contributed by atoms with Crippen molar-refractivity contribution in [1.29, 1.82) is 0 Å². The average molecular weight is 150 g/mol. The van der Waals surface area contributed by atoms with Crippen molar-refractivity contribution < 1.29 is 14.3 Å². The molecule has 3 nitrogen and oxygen atoms in total. The highest BCUT2D eigenvalue weighted by Crippen LogP contribution is 1.91. The Balaban J connectivity index is 2.97. The third kappa shape index (κ3) is 5.49. The predicted octanol–water partition coefficient (Wildman–Crippen LogP) is 1.13. The van der Waals surface area contributed by atoms with Crippen molar-refractivity contribution in [2.75, 3.05) is 25.7 Å². The third-order valence-electron chi connectivity index (χ3n) is 0.674. The Morgan fingerprint density at radius 1 is 1.67 bits per heavy atom. The molecule has 0 saturated carbocycles. The Morgan fingerprint density at radius 3 is 2.78 bits per heavy atom. The van der Waals surface area contributed by atoms with Gasteiger partial charge in [-0.05, 0) is 6.26 Å². The van der Waals surface area contributed by atoms with Crippen molar-refractivity contribution in [3.05, 3.63) is 0 Å². The number of carbonyl (C=O) groups is 1. The van der Waals surface area contributed by atoms with Gasteiger partial charge < -0.3 is 9.47 Å². The molecule has 0 unspecified atom stereocenters. The van der Waals surface area contributed by atoms with Crippen molar-refractivity contribution in [2.45, 2.75) is 0 Å². The first-order valence-electron chi connectivity index (χ1n) is 2.51. The Morgan fingerprint density at radius 2 is 2.33 bits per heavy atom. The molecule has 0 N–H and O–H groups in total.